The van der Waals surface area contributed by atoms with Crippen LogP contribution in [-0.4, -0.2) is 23.9 Å². The molecule has 1 aliphatic rings. The maximum atomic E-state index is 13.8. The van der Waals surface area contributed by atoms with Gasteiger partial charge in [-0.3, -0.25) is 9.69 Å². The summed E-state index contributed by atoms with van der Waals surface area (Å²) in [5, 5.41) is 2.94. The van der Waals surface area contributed by atoms with Gasteiger partial charge in [-0.15, -0.1) is 0 Å². The van der Waals surface area contributed by atoms with E-state index in [4.69, 9.17) is 0 Å². The topological polar surface area (TPSA) is 32.3 Å². The van der Waals surface area contributed by atoms with Crippen molar-refractivity contribution >= 4 is 5.91 Å². The Hall–Kier alpha value is -3.12. The number of amides is 1. The predicted molar refractivity (Wildman–Crippen MR) is 122 cm³/mol. The van der Waals surface area contributed by atoms with Crippen molar-refractivity contribution in [2.45, 2.75) is 32.4 Å². The van der Waals surface area contributed by atoms with E-state index in [0.717, 1.165) is 17.7 Å². The van der Waals surface area contributed by atoms with Crippen LogP contribution in [0, 0.1) is 30.3 Å². The van der Waals surface area contributed by atoms with Gasteiger partial charge in [0.2, 0.25) is 5.91 Å². The van der Waals surface area contributed by atoms with E-state index in [1.165, 1.54) is 30.3 Å². The summed E-state index contributed by atoms with van der Waals surface area (Å²) in [5.74, 6) is -1.18. The smallest absolute Gasteiger partial charge is 0.224 e. The molecule has 3 aromatic rings. The lowest BCUT2D eigenvalue weighted by atomic mass is 9.83. The van der Waals surface area contributed by atoms with Crippen LogP contribution in [0.2, 0.25) is 0 Å². The number of aryl methyl sites for hydroxylation is 1. The Morgan fingerprint density at radius 3 is 2.45 bits per heavy atom. The number of carbonyl (C=O) groups excluding carboxylic acids is 1. The fourth-order valence-electron chi connectivity index (χ4n) is 4.50. The molecule has 1 heterocycles. The Labute approximate surface area is 192 Å². The lowest BCUT2D eigenvalue weighted by Gasteiger charge is -2.37. The monoisotopic (exact) mass is 452 g/mol. The Balaban J connectivity index is 1.50. The second-order valence-corrected chi connectivity index (χ2v) is 8.81. The van der Waals surface area contributed by atoms with Gasteiger partial charge in [0.25, 0.3) is 0 Å². The molecular formula is C27H27F3N2O. The van der Waals surface area contributed by atoms with Crippen molar-refractivity contribution in [3.05, 3.63) is 106 Å². The predicted octanol–water partition coefficient (Wildman–Crippen LogP) is 5.33. The molecular weight excluding hydrogens is 425 g/mol. The van der Waals surface area contributed by atoms with Gasteiger partial charge in [-0.2, -0.15) is 0 Å². The second-order valence-electron chi connectivity index (χ2n) is 8.81. The van der Waals surface area contributed by atoms with Crippen molar-refractivity contribution in [2.24, 2.45) is 5.92 Å². The van der Waals surface area contributed by atoms with E-state index in [0.29, 0.717) is 30.6 Å². The van der Waals surface area contributed by atoms with E-state index in [1.807, 2.05) is 6.07 Å². The highest BCUT2D eigenvalue weighted by Gasteiger charge is 2.32. The van der Waals surface area contributed by atoms with Gasteiger partial charge in [0, 0.05) is 26.2 Å². The number of piperidine rings is 1. The maximum absolute atomic E-state index is 13.8. The third-order valence-electron chi connectivity index (χ3n) is 6.23. The van der Waals surface area contributed by atoms with E-state index in [1.54, 1.807) is 37.3 Å². The summed E-state index contributed by atoms with van der Waals surface area (Å²) in [4.78, 5) is 15.2. The van der Waals surface area contributed by atoms with Gasteiger partial charge in [-0.1, -0.05) is 36.4 Å². The summed E-state index contributed by atoms with van der Waals surface area (Å²) >= 11 is 0. The van der Waals surface area contributed by atoms with Gasteiger partial charge in [0.1, 0.15) is 17.5 Å². The van der Waals surface area contributed by atoms with Crippen LogP contribution in [0.25, 0.3) is 0 Å². The SMILES string of the molecule is Cc1cc([C@H]2C[C@H](C(=O)NCc3cccc(F)c3)CN(Cc3ccc(F)cc3)C2)ccc1F. The molecule has 0 aromatic heterocycles. The molecule has 33 heavy (non-hydrogen) atoms. The lowest BCUT2D eigenvalue weighted by Crippen LogP contribution is -2.45. The van der Waals surface area contributed by atoms with Crippen LogP contribution >= 0.6 is 0 Å². The molecule has 1 amide bonds. The summed E-state index contributed by atoms with van der Waals surface area (Å²) < 4.78 is 40.6. The summed E-state index contributed by atoms with van der Waals surface area (Å²) in [6, 6.07) is 17.7. The third kappa shape index (κ3) is 6.02. The van der Waals surface area contributed by atoms with Crippen molar-refractivity contribution < 1.29 is 18.0 Å². The van der Waals surface area contributed by atoms with E-state index in [-0.39, 0.29) is 41.7 Å². The van der Waals surface area contributed by atoms with Gasteiger partial charge >= 0.3 is 0 Å². The zero-order valence-electron chi connectivity index (χ0n) is 18.5. The summed E-state index contributed by atoms with van der Waals surface area (Å²) in [6.07, 6.45) is 0.639. The molecule has 0 aliphatic carbocycles. The van der Waals surface area contributed by atoms with Gasteiger partial charge in [0.15, 0.2) is 0 Å². The first-order chi connectivity index (χ1) is 15.9. The van der Waals surface area contributed by atoms with Gasteiger partial charge in [0.05, 0.1) is 5.92 Å². The standard InChI is InChI=1S/C27H27F3N2O/c1-18-11-21(7-10-26(18)30)22-13-23(27(33)31-14-20-3-2-4-25(29)12-20)17-32(16-22)15-19-5-8-24(28)9-6-19/h2-12,22-23H,13-17H2,1H3,(H,31,33)/t22-,23-/m0/s1. The number of hydrogen-bond acceptors (Lipinski definition) is 2. The van der Waals surface area contributed by atoms with E-state index < -0.39 is 0 Å². The summed E-state index contributed by atoms with van der Waals surface area (Å²) in [5.41, 5.74) is 3.25. The molecule has 0 spiro atoms. The minimum Gasteiger partial charge on any atom is -0.352 e. The first kappa shape index (κ1) is 23.1. The minimum absolute atomic E-state index is 0.0587. The molecule has 3 aromatic carbocycles. The Morgan fingerprint density at radius 2 is 1.73 bits per heavy atom. The van der Waals surface area contributed by atoms with E-state index in [2.05, 4.69) is 10.2 Å². The molecule has 2 atom stereocenters. The quantitative estimate of drug-likeness (QED) is 0.548. The maximum Gasteiger partial charge on any atom is 0.224 e. The van der Waals surface area contributed by atoms with Crippen molar-refractivity contribution in [1.29, 1.82) is 0 Å². The van der Waals surface area contributed by atoms with E-state index >= 15 is 0 Å². The highest BCUT2D eigenvalue weighted by molar-refractivity contribution is 5.79. The molecule has 4 rings (SSSR count). The zero-order valence-corrected chi connectivity index (χ0v) is 18.5. The Bertz CT molecular complexity index is 1120. The number of nitrogens with one attached hydrogen (secondary N) is 1. The average Bonchev–Trinajstić information content (AvgIpc) is 2.80. The van der Waals surface area contributed by atoms with Crippen LogP contribution in [-0.2, 0) is 17.9 Å². The molecule has 0 saturated carbocycles. The number of benzene rings is 3. The number of likely N-dealkylation sites (tertiary alicyclic amines) is 1. The van der Waals surface area contributed by atoms with Crippen LogP contribution in [0.5, 0.6) is 0 Å². The highest BCUT2D eigenvalue weighted by atomic mass is 19.1. The van der Waals surface area contributed by atoms with Crippen molar-refractivity contribution in [3.63, 3.8) is 0 Å². The first-order valence-electron chi connectivity index (χ1n) is 11.1. The number of halogens is 3. The van der Waals surface area contributed by atoms with Crippen LogP contribution in [0.15, 0.2) is 66.7 Å². The van der Waals surface area contributed by atoms with E-state index in [9.17, 15) is 18.0 Å². The first-order valence-corrected chi connectivity index (χ1v) is 11.1. The molecule has 1 N–H and O–H groups in total. The van der Waals surface area contributed by atoms with Gasteiger partial charge < -0.3 is 5.32 Å². The van der Waals surface area contributed by atoms with Crippen molar-refractivity contribution in [3.8, 4) is 0 Å². The van der Waals surface area contributed by atoms with Crippen LogP contribution < -0.4 is 5.32 Å². The molecule has 0 bridgehead atoms. The molecule has 3 nitrogen and oxygen atoms in total. The van der Waals surface area contributed by atoms with Crippen LogP contribution in [0.3, 0.4) is 0 Å². The van der Waals surface area contributed by atoms with Crippen LogP contribution in [0.4, 0.5) is 13.2 Å². The Morgan fingerprint density at radius 1 is 0.939 bits per heavy atom. The van der Waals surface area contributed by atoms with Crippen molar-refractivity contribution in [1.82, 2.24) is 10.2 Å². The zero-order chi connectivity index (χ0) is 23.4. The molecule has 0 unspecified atom stereocenters. The molecule has 0 radical (unpaired) electrons. The lowest BCUT2D eigenvalue weighted by molar-refractivity contribution is -0.127. The highest BCUT2D eigenvalue weighted by Crippen LogP contribution is 2.32. The van der Waals surface area contributed by atoms with Crippen LogP contribution in [0.1, 0.15) is 34.6 Å². The van der Waals surface area contributed by atoms with Gasteiger partial charge in [-0.05, 0) is 71.8 Å². The number of carbonyl (C=O) groups is 1. The molecule has 1 aliphatic heterocycles. The molecule has 6 heteroatoms. The average molecular weight is 453 g/mol. The molecule has 172 valence electrons. The fourth-order valence-corrected chi connectivity index (χ4v) is 4.50. The van der Waals surface area contributed by atoms with Crippen molar-refractivity contribution in [2.75, 3.05) is 13.1 Å². The number of rotatable bonds is 6. The minimum atomic E-state index is -0.336. The summed E-state index contributed by atoms with van der Waals surface area (Å²) in [6.45, 7) is 3.86. The molecule has 1 fully saturated rings. The number of hydrogen-bond donors (Lipinski definition) is 1. The third-order valence-corrected chi connectivity index (χ3v) is 6.23. The molecule has 1 saturated heterocycles. The number of nitrogens with zero attached hydrogens (tertiary/aromatic N) is 1. The summed E-state index contributed by atoms with van der Waals surface area (Å²) in [7, 11) is 0. The fraction of sp³-hybridized carbons (Fsp3) is 0.296. The second kappa shape index (κ2) is 10.2. The largest absolute Gasteiger partial charge is 0.352 e. The Kier molecular flexibility index (Phi) is 7.14. The van der Waals surface area contributed by atoms with Gasteiger partial charge in [-0.25, -0.2) is 13.2 Å². The normalized spacial score (nSPS) is 18.8.